The zero-order valence-electron chi connectivity index (χ0n) is 12.2. The Morgan fingerprint density at radius 1 is 1.47 bits per heavy atom. The van der Waals surface area contributed by atoms with Gasteiger partial charge in [0.2, 0.25) is 0 Å². The fourth-order valence-electron chi connectivity index (χ4n) is 2.87. The van der Waals surface area contributed by atoms with Gasteiger partial charge in [-0.15, -0.1) is 0 Å². The Kier molecular flexibility index (Phi) is 7.09. The maximum Gasteiger partial charge on any atom is 0.00619 e. The average molecular weight is 241 g/mol. The Labute approximate surface area is 108 Å². The van der Waals surface area contributed by atoms with Crippen molar-refractivity contribution < 1.29 is 0 Å². The van der Waals surface area contributed by atoms with E-state index in [4.69, 9.17) is 0 Å². The van der Waals surface area contributed by atoms with Crippen LogP contribution in [0, 0.1) is 5.92 Å². The van der Waals surface area contributed by atoms with Crippen LogP contribution in [0.4, 0.5) is 0 Å². The van der Waals surface area contributed by atoms with Crippen molar-refractivity contribution in [3.8, 4) is 0 Å². The van der Waals surface area contributed by atoms with Gasteiger partial charge in [-0.2, -0.15) is 0 Å². The van der Waals surface area contributed by atoms with Gasteiger partial charge in [0.1, 0.15) is 0 Å². The lowest BCUT2D eigenvalue weighted by Crippen LogP contribution is -2.30. The van der Waals surface area contributed by atoms with E-state index in [0.29, 0.717) is 6.04 Å². The molecule has 0 aromatic rings. The lowest BCUT2D eigenvalue weighted by atomic mass is 10.1. The zero-order chi connectivity index (χ0) is 12.7. The largest absolute Gasteiger partial charge is 0.317 e. The minimum atomic E-state index is 0.709. The summed E-state index contributed by atoms with van der Waals surface area (Å²) < 4.78 is 0. The highest BCUT2D eigenvalue weighted by molar-refractivity contribution is 4.75. The molecule has 0 aliphatic carbocycles. The van der Waals surface area contributed by atoms with E-state index in [1.54, 1.807) is 0 Å². The van der Waals surface area contributed by atoms with Crippen LogP contribution in [-0.4, -0.2) is 63.2 Å². The maximum absolute atomic E-state index is 3.38. The number of likely N-dealkylation sites (tertiary alicyclic amines) is 1. The summed E-state index contributed by atoms with van der Waals surface area (Å²) in [4.78, 5) is 4.97. The molecule has 3 heteroatoms. The molecule has 3 nitrogen and oxygen atoms in total. The van der Waals surface area contributed by atoms with Gasteiger partial charge in [0.25, 0.3) is 0 Å². The molecule has 1 aliphatic rings. The molecule has 0 aromatic carbocycles. The highest BCUT2D eigenvalue weighted by Crippen LogP contribution is 2.15. The summed E-state index contributed by atoms with van der Waals surface area (Å²) in [7, 11) is 6.59. The predicted octanol–water partition coefficient (Wildman–Crippen LogP) is 1.65. The lowest BCUT2D eigenvalue weighted by Gasteiger charge is -2.22. The van der Waals surface area contributed by atoms with Crippen LogP contribution in [0.25, 0.3) is 0 Å². The monoisotopic (exact) mass is 241 g/mol. The molecule has 1 rings (SSSR count). The van der Waals surface area contributed by atoms with Gasteiger partial charge < -0.3 is 15.1 Å². The summed E-state index contributed by atoms with van der Waals surface area (Å²) in [5.41, 5.74) is 0. The third-order valence-electron chi connectivity index (χ3n) is 4.05. The van der Waals surface area contributed by atoms with Gasteiger partial charge in [-0.1, -0.05) is 6.92 Å². The summed E-state index contributed by atoms with van der Waals surface area (Å²) in [5.74, 6) is 0.899. The van der Waals surface area contributed by atoms with E-state index >= 15 is 0 Å². The highest BCUT2D eigenvalue weighted by atomic mass is 15.1. The predicted molar refractivity (Wildman–Crippen MR) is 75.5 cm³/mol. The second-order valence-electron chi connectivity index (χ2n) is 5.72. The molecule has 0 saturated carbocycles. The van der Waals surface area contributed by atoms with Crippen molar-refractivity contribution in [2.45, 2.75) is 38.6 Å². The highest BCUT2D eigenvalue weighted by Gasteiger charge is 2.20. The van der Waals surface area contributed by atoms with Gasteiger partial charge >= 0.3 is 0 Å². The second kappa shape index (κ2) is 8.06. The van der Waals surface area contributed by atoms with E-state index in [-0.39, 0.29) is 0 Å². The normalized spacial score (nSPS) is 23.5. The lowest BCUT2D eigenvalue weighted by molar-refractivity contribution is 0.264. The molecule has 2 atom stereocenters. The Hall–Kier alpha value is -0.120. The van der Waals surface area contributed by atoms with Crippen LogP contribution in [0.1, 0.15) is 32.6 Å². The Morgan fingerprint density at radius 2 is 2.24 bits per heavy atom. The van der Waals surface area contributed by atoms with E-state index in [1.807, 2.05) is 0 Å². The molecule has 0 amide bonds. The third-order valence-corrected chi connectivity index (χ3v) is 4.05. The van der Waals surface area contributed by atoms with Crippen LogP contribution in [0.3, 0.4) is 0 Å². The maximum atomic E-state index is 3.38. The fourth-order valence-corrected chi connectivity index (χ4v) is 2.87. The third kappa shape index (κ3) is 5.84. The first-order valence-electron chi connectivity index (χ1n) is 7.20. The Morgan fingerprint density at radius 3 is 2.76 bits per heavy atom. The number of nitrogens with one attached hydrogen (secondary N) is 1. The molecule has 1 aliphatic heterocycles. The smallest absolute Gasteiger partial charge is 0.00619 e. The van der Waals surface area contributed by atoms with Crippen molar-refractivity contribution in [1.29, 1.82) is 0 Å². The van der Waals surface area contributed by atoms with Crippen LogP contribution >= 0.6 is 0 Å². The van der Waals surface area contributed by atoms with Crippen LogP contribution < -0.4 is 5.32 Å². The molecule has 17 heavy (non-hydrogen) atoms. The number of hydrogen-bond acceptors (Lipinski definition) is 3. The number of nitrogens with zero attached hydrogens (tertiary/aromatic N) is 2. The Balaban J connectivity index is 2.06. The van der Waals surface area contributed by atoms with Crippen molar-refractivity contribution >= 4 is 0 Å². The van der Waals surface area contributed by atoms with Crippen LogP contribution in [0.5, 0.6) is 0 Å². The molecule has 0 spiro atoms. The molecular weight excluding hydrogens is 210 g/mol. The molecule has 0 bridgehead atoms. The molecule has 1 heterocycles. The van der Waals surface area contributed by atoms with Crippen molar-refractivity contribution in [3.05, 3.63) is 0 Å². The minimum absolute atomic E-state index is 0.709. The molecule has 1 saturated heterocycles. The van der Waals surface area contributed by atoms with Crippen LogP contribution in [0.15, 0.2) is 0 Å². The van der Waals surface area contributed by atoms with Crippen molar-refractivity contribution in [1.82, 2.24) is 15.1 Å². The van der Waals surface area contributed by atoms with E-state index in [9.17, 15) is 0 Å². The number of hydrogen-bond donors (Lipinski definition) is 1. The Bertz CT molecular complexity index is 192. The standard InChI is InChI=1S/C14H31N3/c1-5-14(15-2)7-6-9-16(3)11-13-8-10-17(4)12-13/h13-15H,5-12H2,1-4H3. The quantitative estimate of drug-likeness (QED) is 0.697. The molecule has 2 unspecified atom stereocenters. The van der Waals surface area contributed by atoms with E-state index in [1.165, 1.54) is 51.9 Å². The van der Waals surface area contributed by atoms with Crippen molar-refractivity contribution in [3.63, 3.8) is 0 Å². The first kappa shape index (κ1) is 14.9. The van der Waals surface area contributed by atoms with E-state index in [2.05, 4.69) is 43.2 Å². The summed E-state index contributed by atoms with van der Waals surface area (Å²) in [6.07, 6.45) is 5.25. The van der Waals surface area contributed by atoms with Crippen LogP contribution in [0.2, 0.25) is 0 Å². The summed E-state index contributed by atoms with van der Waals surface area (Å²) in [6.45, 7) is 7.37. The SMILES string of the molecule is CCC(CCCN(C)CC1CCN(C)C1)NC. The van der Waals surface area contributed by atoms with Crippen molar-refractivity contribution in [2.24, 2.45) is 5.92 Å². The van der Waals surface area contributed by atoms with Crippen molar-refractivity contribution in [2.75, 3.05) is 47.3 Å². The van der Waals surface area contributed by atoms with E-state index < -0.39 is 0 Å². The minimum Gasteiger partial charge on any atom is -0.317 e. The zero-order valence-corrected chi connectivity index (χ0v) is 12.2. The summed E-state index contributed by atoms with van der Waals surface area (Å²) >= 11 is 0. The topological polar surface area (TPSA) is 18.5 Å². The molecular formula is C14H31N3. The summed E-state index contributed by atoms with van der Waals surface area (Å²) in [6, 6.07) is 0.709. The van der Waals surface area contributed by atoms with Gasteiger partial charge in [0, 0.05) is 19.1 Å². The molecule has 0 aromatic heterocycles. The first-order chi connectivity index (χ1) is 8.15. The van der Waals surface area contributed by atoms with Gasteiger partial charge in [0.05, 0.1) is 0 Å². The van der Waals surface area contributed by atoms with Gasteiger partial charge in [0.15, 0.2) is 0 Å². The van der Waals surface area contributed by atoms with Gasteiger partial charge in [-0.05, 0) is 65.8 Å². The van der Waals surface area contributed by atoms with Gasteiger partial charge in [-0.3, -0.25) is 0 Å². The number of rotatable bonds is 8. The molecule has 1 N–H and O–H groups in total. The van der Waals surface area contributed by atoms with E-state index in [0.717, 1.165) is 5.92 Å². The fraction of sp³-hybridized carbons (Fsp3) is 1.00. The molecule has 0 radical (unpaired) electrons. The first-order valence-corrected chi connectivity index (χ1v) is 7.20. The van der Waals surface area contributed by atoms with Crippen LogP contribution in [-0.2, 0) is 0 Å². The molecule has 102 valence electrons. The molecule has 1 fully saturated rings. The summed E-state index contributed by atoms with van der Waals surface area (Å²) in [5, 5.41) is 3.38. The second-order valence-corrected chi connectivity index (χ2v) is 5.72. The van der Waals surface area contributed by atoms with Gasteiger partial charge in [-0.25, -0.2) is 0 Å². The average Bonchev–Trinajstić information content (AvgIpc) is 2.70.